The minimum atomic E-state index is -0.770. The molecule has 2 aliphatic heterocycles. The highest BCUT2D eigenvalue weighted by Gasteiger charge is 2.36. The Hall–Kier alpha value is -4.37. The van der Waals surface area contributed by atoms with Gasteiger partial charge in [-0.3, -0.25) is 29.6 Å². The quantitative estimate of drug-likeness (QED) is 0.272. The van der Waals surface area contributed by atoms with Crippen LogP contribution in [0.2, 0.25) is 0 Å². The van der Waals surface area contributed by atoms with Gasteiger partial charge in [0.2, 0.25) is 11.8 Å². The lowest BCUT2D eigenvalue weighted by Gasteiger charge is -2.32. The van der Waals surface area contributed by atoms with Gasteiger partial charge in [0.1, 0.15) is 5.92 Å². The molecule has 0 aromatic heterocycles. The Morgan fingerprint density at radius 1 is 1.05 bits per heavy atom. The number of hydrogen-bond donors (Lipinski definition) is 1. The number of nitrogens with one attached hydrogen (secondary N) is 1. The number of carbonyl (C=O) groups is 2. The largest absolute Gasteiger partial charge is 0.349 e. The number of nitro groups is 1. The van der Waals surface area contributed by atoms with E-state index >= 15 is 0 Å². The van der Waals surface area contributed by atoms with Crippen molar-refractivity contribution in [2.45, 2.75) is 25.3 Å². The topological polar surface area (TPSA) is 108 Å². The summed E-state index contributed by atoms with van der Waals surface area (Å²) in [4.78, 5) is 45.3. The van der Waals surface area contributed by atoms with Crippen LogP contribution in [0.25, 0.3) is 0 Å². The number of carbonyl (C=O) groups excluding carboxylic acids is 2. The molecule has 0 aliphatic carbocycles. The summed E-state index contributed by atoms with van der Waals surface area (Å²) >= 11 is 0. The van der Waals surface area contributed by atoms with E-state index in [2.05, 4.69) is 10.2 Å². The molecule has 5 rings (SSSR count). The van der Waals surface area contributed by atoms with Crippen LogP contribution in [0.4, 0.5) is 17.1 Å². The van der Waals surface area contributed by atoms with Gasteiger partial charge in [0.05, 0.1) is 16.3 Å². The van der Waals surface area contributed by atoms with Gasteiger partial charge in [-0.25, -0.2) is 0 Å². The molecule has 3 aromatic rings. The van der Waals surface area contributed by atoms with Crippen molar-refractivity contribution in [3.8, 4) is 0 Å². The Morgan fingerprint density at radius 3 is 2.38 bits per heavy atom. The molecule has 1 unspecified atom stereocenters. The van der Waals surface area contributed by atoms with Crippen molar-refractivity contribution in [2.24, 2.45) is 10.9 Å². The smallest absolute Gasteiger partial charge is 0.269 e. The molecule has 1 fully saturated rings. The molecule has 0 spiro atoms. The van der Waals surface area contributed by atoms with Crippen LogP contribution in [-0.4, -0.2) is 59.4 Å². The van der Waals surface area contributed by atoms with Gasteiger partial charge < -0.3 is 10.2 Å². The maximum absolute atomic E-state index is 13.1. The van der Waals surface area contributed by atoms with Crippen LogP contribution in [0.15, 0.2) is 77.8 Å². The normalized spacial score (nSPS) is 17.9. The molecule has 9 heteroatoms. The minimum Gasteiger partial charge on any atom is -0.349 e. The van der Waals surface area contributed by atoms with Gasteiger partial charge >= 0.3 is 0 Å². The Bertz CT molecular complexity index is 1410. The van der Waals surface area contributed by atoms with Crippen LogP contribution in [-0.2, 0) is 16.1 Å². The van der Waals surface area contributed by atoms with E-state index in [0.29, 0.717) is 22.6 Å². The lowest BCUT2D eigenvalue weighted by atomic mass is 9.90. The number of nitrogens with zero attached hydrogens (tertiary/aromatic N) is 4. The van der Waals surface area contributed by atoms with Crippen molar-refractivity contribution in [3.05, 3.63) is 99.6 Å². The number of nitro benzene ring substituents is 1. The molecule has 2 aliphatic rings. The number of non-ortho nitro benzene ring substituents is 1. The van der Waals surface area contributed by atoms with Gasteiger partial charge in [0.15, 0.2) is 0 Å². The number of piperidine rings is 1. The summed E-state index contributed by atoms with van der Waals surface area (Å²) in [5, 5.41) is 14.3. The number of hydrogen-bond acceptors (Lipinski definition) is 6. The van der Waals surface area contributed by atoms with Gasteiger partial charge in [0, 0.05) is 49.9 Å². The van der Waals surface area contributed by atoms with E-state index < -0.39 is 10.8 Å². The molecule has 39 heavy (non-hydrogen) atoms. The predicted molar refractivity (Wildman–Crippen MR) is 150 cm³/mol. The van der Waals surface area contributed by atoms with Gasteiger partial charge in [-0.1, -0.05) is 42.5 Å². The van der Waals surface area contributed by atoms with E-state index in [4.69, 9.17) is 4.99 Å². The van der Waals surface area contributed by atoms with E-state index in [-0.39, 0.29) is 23.4 Å². The average molecular weight is 526 g/mol. The predicted octanol–water partition coefficient (Wildman–Crippen LogP) is 4.75. The molecular weight excluding hydrogens is 494 g/mol. The number of likely N-dealkylation sites (tertiary alicyclic amines) is 1. The monoisotopic (exact) mass is 525 g/mol. The molecule has 1 atom stereocenters. The first kappa shape index (κ1) is 26.2. The number of rotatable bonds is 7. The average Bonchev–Trinajstić information content (AvgIpc) is 3.27. The van der Waals surface area contributed by atoms with Crippen LogP contribution in [0.3, 0.4) is 0 Å². The summed E-state index contributed by atoms with van der Waals surface area (Å²) in [6.07, 6.45) is 1.73. The SMILES string of the molecule is CN(C)C(=O)C1CCN(Cc2ccc(N=C(c3ccccc3)C3C(=O)Nc4ccc([N+](=O)[O-])cc43)cc2)CC1. The van der Waals surface area contributed by atoms with Crippen LogP contribution in [0, 0.1) is 16.0 Å². The van der Waals surface area contributed by atoms with Crippen molar-refractivity contribution in [2.75, 3.05) is 32.5 Å². The summed E-state index contributed by atoms with van der Waals surface area (Å²) in [5.41, 5.74) is 4.19. The van der Waals surface area contributed by atoms with Crippen molar-refractivity contribution in [1.29, 1.82) is 0 Å². The lowest BCUT2D eigenvalue weighted by Crippen LogP contribution is -2.39. The molecule has 0 bridgehead atoms. The fraction of sp³-hybridized carbons (Fsp3) is 0.300. The molecule has 2 heterocycles. The van der Waals surface area contributed by atoms with E-state index in [1.165, 1.54) is 12.1 Å². The van der Waals surface area contributed by atoms with Gasteiger partial charge in [-0.05, 0) is 55.3 Å². The molecule has 0 saturated carbocycles. The molecule has 9 nitrogen and oxygen atoms in total. The standard InChI is InChI=1S/C30H31N5O4/c1-33(2)30(37)22-14-16-34(17-15-22)19-20-8-10-23(11-9-20)31-28(21-6-4-3-5-7-21)27-25-18-24(35(38)39)12-13-26(25)32-29(27)36/h3-13,18,22,27H,14-17,19H2,1-2H3,(H,32,36). The first-order valence-corrected chi connectivity index (χ1v) is 13.1. The van der Waals surface area contributed by atoms with Crippen molar-refractivity contribution < 1.29 is 14.5 Å². The molecule has 0 radical (unpaired) electrons. The Morgan fingerprint density at radius 2 is 1.74 bits per heavy atom. The number of amides is 2. The third-order valence-electron chi connectivity index (χ3n) is 7.39. The summed E-state index contributed by atoms with van der Waals surface area (Å²) < 4.78 is 0. The minimum absolute atomic E-state index is 0.0675. The number of benzene rings is 3. The molecule has 3 aromatic carbocycles. The van der Waals surface area contributed by atoms with Crippen LogP contribution < -0.4 is 5.32 Å². The molecule has 1 saturated heterocycles. The first-order valence-electron chi connectivity index (χ1n) is 13.1. The zero-order chi connectivity index (χ0) is 27.5. The molecule has 200 valence electrons. The zero-order valence-corrected chi connectivity index (χ0v) is 22.0. The van der Waals surface area contributed by atoms with Crippen LogP contribution >= 0.6 is 0 Å². The van der Waals surface area contributed by atoms with E-state index in [1.54, 1.807) is 11.0 Å². The van der Waals surface area contributed by atoms with Gasteiger partial charge in [-0.2, -0.15) is 0 Å². The van der Waals surface area contributed by atoms with Crippen molar-refractivity contribution in [1.82, 2.24) is 9.80 Å². The highest BCUT2D eigenvalue weighted by Crippen LogP contribution is 2.38. The lowest BCUT2D eigenvalue weighted by molar-refractivity contribution is -0.384. The molecule has 1 N–H and O–H groups in total. The van der Waals surface area contributed by atoms with E-state index in [1.807, 2.05) is 68.7 Å². The number of aliphatic imine (C=N–C) groups is 1. The third kappa shape index (κ3) is 5.73. The first-order chi connectivity index (χ1) is 18.8. The fourth-order valence-corrected chi connectivity index (χ4v) is 5.31. The second-order valence-electron chi connectivity index (χ2n) is 10.3. The van der Waals surface area contributed by atoms with E-state index in [0.717, 1.165) is 43.6 Å². The Balaban J connectivity index is 1.38. The fourth-order valence-electron chi connectivity index (χ4n) is 5.31. The van der Waals surface area contributed by atoms with Crippen LogP contribution in [0.1, 0.15) is 35.4 Å². The molecule has 2 amide bonds. The Kier molecular flexibility index (Phi) is 7.51. The summed E-state index contributed by atoms with van der Waals surface area (Å²) in [5.74, 6) is -0.725. The number of fused-ring (bicyclic) bond motifs is 1. The maximum atomic E-state index is 13.1. The van der Waals surface area contributed by atoms with Crippen molar-refractivity contribution in [3.63, 3.8) is 0 Å². The van der Waals surface area contributed by atoms with Gasteiger partial charge in [0.25, 0.3) is 5.69 Å². The highest BCUT2D eigenvalue weighted by atomic mass is 16.6. The number of anilines is 1. The highest BCUT2D eigenvalue weighted by molar-refractivity contribution is 6.24. The summed E-state index contributed by atoms with van der Waals surface area (Å²) in [6, 6.07) is 21.8. The second-order valence-corrected chi connectivity index (χ2v) is 10.3. The van der Waals surface area contributed by atoms with Crippen molar-refractivity contribution >= 4 is 34.6 Å². The summed E-state index contributed by atoms with van der Waals surface area (Å²) in [6.45, 7) is 2.55. The zero-order valence-electron chi connectivity index (χ0n) is 22.0. The van der Waals surface area contributed by atoms with Gasteiger partial charge in [-0.15, -0.1) is 0 Å². The maximum Gasteiger partial charge on any atom is 0.269 e. The summed E-state index contributed by atoms with van der Waals surface area (Å²) in [7, 11) is 3.62. The third-order valence-corrected chi connectivity index (χ3v) is 7.39. The second kappa shape index (κ2) is 11.2. The van der Waals surface area contributed by atoms with Crippen LogP contribution in [0.5, 0.6) is 0 Å². The Labute approximate surface area is 227 Å². The molecular formula is C30H31N5O4. The van der Waals surface area contributed by atoms with E-state index in [9.17, 15) is 19.7 Å².